The van der Waals surface area contributed by atoms with Crippen LogP contribution >= 0.6 is 41.2 Å². The van der Waals surface area contributed by atoms with Crippen LogP contribution in [-0.4, -0.2) is 81.4 Å². The maximum Gasteiger partial charge on any atom is 0.249 e. The lowest BCUT2D eigenvalue weighted by Crippen LogP contribution is -2.45. The zero-order valence-electron chi connectivity index (χ0n) is 21.0. The van der Waals surface area contributed by atoms with E-state index < -0.39 is 30.2 Å². The predicted molar refractivity (Wildman–Crippen MR) is 151 cm³/mol. The fourth-order valence-corrected chi connectivity index (χ4v) is 14.1. The second-order valence-corrected chi connectivity index (χ2v) is 17.0. The number of hydrogen-bond acceptors (Lipinski definition) is 10. The number of ether oxygens (including phenoxy) is 6. The van der Waals surface area contributed by atoms with Gasteiger partial charge in [-0.2, -0.15) is 0 Å². The monoisotopic (exact) mass is 566 g/mol. The van der Waals surface area contributed by atoms with Crippen LogP contribution in [0.15, 0.2) is 0 Å². The average Bonchev–Trinajstić information content (AvgIpc) is 2.76. The Kier molecular flexibility index (Phi) is 24.2. The molecule has 0 fully saturated rings. The van der Waals surface area contributed by atoms with Crippen LogP contribution in [0.3, 0.4) is 0 Å². The molecule has 0 atom stereocenters. The lowest BCUT2D eigenvalue weighted by Gasteiger charge is -2.32. The summed E-state index contributed by atoms with van der Waals surface area (Å²) in [6.07, 6.45) is 2.37. The van der Waals surface area contributed by atoms with E-state index in [0.29, 0.717) is 39.6 Å². The molecule has 0 bridgehead atoms. The highest BCUT2D eigenvalue weighted by molar-refractivity contribution is 9.26. The van der Waals surface area contributed by atoms with Crippen molar-refractivity contribution in [2.45, 2.75) is 77.7 Å². The average molecular weight is 567 g/mol. The Labute approximate surface area is 216 Å². The minimum atomic E-state index is -0.728. The first kappa shape index (κ1) is 33.6. The van der Waals surface area contributed by atoms with Gasteiger partial charge in [0, 0.05) is 51.1 Å². The first-order valence-electron chi connectivity index (χ1n) is 12.0. The van der Waals surface area contributed by atoms with Gasteiger partial charge in [-0.15, -0.1) is 0 Å². The molecule has 0 unspecified atom stereocenters. The van der Waals surface area contributed by atoms with Gasteiger partial charge < -0.3 is 28.4 Å². The van der Waals surface area contributed by atoms with E-state index in [2.05, 4.69) is 0 Å². The van der Waals surface area contributed by atoms with Crippen molar-refractivity contribution < 1.29 is 28.4 Å². The van der Waals surface area contributed by atoms with Gasteiger partial charge in [0.1, 0.15) is 19.0 Å². The number of hydrogen-bond donors (Lipinski definition) is 0. The zero-order valence-corrected chi connectivity index (χ0v) is 27.1. The molecule has 194 valence electrons. The van der Waals surface area contributed by atoms with Crippen LogP contribution < -0.4 is 0 Å². The Morgan fingerprint density at radius 3 is 1.03 bits per heavy atom. The quantitative estimate of drug-likeness (QED) is 0.0648. The van der Waals surface area contributed by atoms with Crippen molar-refractivity contribution in [2.24, 2.45) is 0 Å². The largest absolute Gasteiger partial charge is 0.332 e. The van der Waals surface area contributed by atoms with Crippen molar-refractivity contribution in [1.29, 1.82) is 0 Å². The molecule has 0 N–H and O–H groups in total. The maximum atomic E-state index is 5.84. The van der Waals surface area contributed by atoms with E-state index in [4.69, 9.17) is 28.4 Å². The van der Waals surface area contributed by atoms with Crippen LogP contribution in [0, 0.1) is 0 Å². The topological polar surface area (TPSA) is 55.4 Å². The van der Waals surface area contributed by atoms with Gasteiger partial charge in [-0.3, -0.25) is 0 Å². The standard InChI is InChI=1S/C20H46O6S4Si2/c1-7-21-19(22-8-2,23-9-3)31-17-13-15-27-29-30-28-16-14-18-32-20(24-10-4,25-11-5)26-12-6/h7-18,31-32H2,1-6H3. The molecule has 0 aromatic rings. The van der Waals surface area contributed by atoms with Gasteiger partial charge in [0.2, 0.25) is 11.2 Å². The normalized spacial score (nSPS) is 13.3. The first-order chi connectivity index (χ1) is 15.6. The zero-order chi connectivity index (χ0) is 24.0. The second kappa shape index (κ2) is 23.0. The van der Waals surface area contributed by atoms with Gasteiger partial charge in [-0.25, -0.2) is 0 Å². The summed E-state index contributed by atoms with van der Waals surface area (Å²) in [7, 11) is 6.41. The molecule has 0 aliphatic heterocycles. The maximum absolute atomic E-state index is 5.84. The van der Waals surface area contributed by atoms with Crippen LogP contribution in [0.5, 0.6) is 0 Å². The predicted octanol–water partition coefficient (Wildman–Crippen LogP) is 5.06. The lowest BCUT2D eigenvalue weighted by atomic mass is 10.6. The summed E-state index contributed by atoms with van der Waals surface area (Å²) >= 11 is 0. The van der Waals surface area contributed by atoms with Gasteiger partial charge in [0.15, 0.2) is 0 Å². The minimum Gasteiger partial charge on any atom is -0.332 e. The molecule has 0 aromatic carbocycles. The fourth-order valence-electron chi connectivity index (χ4n) is 3.11. The Morgan fingerprint density at radius 1 is 0.500 bits per heavy atom. The van der Waals surface area contributed by atoms with Gasteiger partial charge in [0.05, 0.1) is 0 Å². The van der Waals surface area contributed by atoms with Crippen LogP contribution in [0.2, 0.25) is 12.1 Å². The third-order valence-electron chi connectivity index (χ3n) is 4.23. The molecule has 0 heterocycles. The van der Waals surface area contributed by atoms with Crippen molar-refractivity contribution >= 4 is 60.3 Å². The molecule has 12 heteroatoms. The van der Waals surface area contributed by atoms with E-state index in [1.54, 1.807) is 0 Å². The molecular weight excluding hydrogens is 521 g/mol. The van der Waals surface area contributed by atoms with Gasteiger partial charge in [0.25, 0.3) is 0 Å². The Morgan fingerprint density at radius 2 is 0.781 bits per heavy atom. The van der Waals surface area contributed by atoms with Gasteiger partial charge in [-0.05, 0) is 74.0 Å². The molecule has 0 spiro atoms. The highest BCUT2D eigenvalue weighted by Gasteiger charge is 2.32. The molecule has 0 aliphatic carbocycles. The fraction of sp³-hybridized carbons (Fsp3) is 1.00. The molecule has 0 radical (unpaired) electrons. The summed E-state index contributed by atoms with van der Waals surface area (Å²) in [4.78, 5) is 0. The van der Waals surface area contributed by atoms with Crippen molar-refractivity contribution in [3.05, 3.63) is 0 Å². The van der Waals surface area contributed by atoms with Crippen molar-refractivity contribution in [2.75, 3.05) is 51.1 Å². The van der Waals surface area contributed by atoms with Crippen molar-refractivity contribution in [1.82, 2.24) is 0 Å². The highest BCUT2D eigenvalue weighted by atomic mass is 33.7. The van der Waals surface area contributed by atoms with Gasteiger partial charge in [-0.1, -0.05) is 33.7 Å². The first-order valence-corrected chi connectivity index (χ1v) is 20.6. The summed E-state index contributed by atoms with van der Waals surface area (Å²) in [6, 6.07) is 2.33. The SMILES string of the molecule is CCOC(OCC)(OCC)[SiH2]CCCSSSSCCC[SiH2]C(OCC)(OCC)OCC. The number of rotatable bonds is 25. The summed E-state index contributed by atoms with van der Waals surface area (Å²) in [5, 5.41) is 0. The van der Waals surface area contributed by atoms with E-state index >= 15 is 0 Å². The molecule has 0 aromatic heterocycles. The van der Waals surface area contributed by atoms with Crippen LogP contribution in [0.25, 0.3) is 0 Å². The van der Waals surface area contributed by atoms with Crippen LogP contribution in [0.4, 0.5) is 0 Å². The molecule has 6 nitrogen and oxygen atoms in total. The molecule has 0 aliphatic rings. The highest BCUT2D eigenvalue weighted by Crippen LogP contribution is 2.43. The Balaban J connectivity index is 3.85. The molecule has 0 saturated heterocycles. The van der Waals surface area contributed by atoms with E-state index in [-0.39, 0.29) is 0 Å². The van der Waals surface area contributed by atoms with E-state index in [0.717, 1.165) is 23.6 Å². The van der Waals surface area contributed by atoms with Crippen LogP contribution in [-0.2, 0) is 28.4 Å². The summed E-state index contributed by atoms with van der Waals surface area (Å²) in [5.41, 5.74) is -1.46. The lowest BCUT2D eigenvalue weighted by molar-refractivity contribution is -0.323. The third kappa shape index (κ3) is 16.3. The van der Waals surface area contributed by atoms with Gasteiger partial charge >= 0.3 is 0 Å². The summed E-state index contributed by atoms with van der Waals surface area (Å²) in [5.74, 6) is 2.30. The second-order valence-electron chi connectivity index (χ2n) is 6.66. The summed E-state index contributed by atoms with van der Waals surface area (Å²) in [6.45, 7) is 15.7. The summed E-state index contributed by atoms with van der Waals surface area (Å²) < 4.78 is 35.0. The molecule has 0 amide bonds. The van der Waals surface area contributed by atoms with E-state index in [1.165, 1.54) is 12.8 Å². The molecular formula is C20H46O6S4Si2. The van der Waals surface area contributed by atoms with Crippen molar-refractivity contribution in [3.8, 4) is 0 Å². The Bertz CT molecular complexity index is 346. The Hall–Kier alpha value is 1.59. The third-order valence-corrected chi connectivity index (χ3v) is 15.0. The minimum absolute atomic E-state index is 0.620. The smallest absolute Gasteiger partial charge is 0.249 e. The van der Waals surface area contributed by atoms with E-state index in [1.807, 2.05) is 82.8 Å². The molecule has 0 saturated carbocycles. The molecule has 32 heavy (non-hydrogen) atoms. The molecule has 0 rings (SSSR count). The van der Waals surface area contributed by atoms with Crippen LogP contribution in [0.1, 0.15) is 54.4 Å². The van der Waals surface area contributed by atoms with E-state index in [9.17, 15) is 0 Å². The van der Waals surface area contributed by atoms with Crippen molar-refractivity contribution in [3.63, 3.8) is 0 Å².